The summed E-state index contributed by atoms with van der Waals surface area (Å²) in [7, 11) is 1.31. The molecule has 3 aromatic carbocycles. The summed E-state index contributed by atoms with van der Waals surface area (Å²) in [6, 6.07) is 22.7. The fourth-order valence-electron chi connectivity index (χ4n) is 3.09. The molecule has 0 aliphatic carbocycles. The Hall–Kier alpha value is -4.46. The lowest BCUT2D eigenvalue weighted by atomic mass is 10.1. The molecule has 8 heteroatoms. The summed E-state index contributed by atoms with van der Waals surface area (Å²) in [4.78, 5) is 41.6. The number of benzene rings is 3. The van der Waals surface area contributed by atoms with E-state index >= 15 is 0 Å². The van der Waals surface area contributed by atoms with Gasteiger partial charge in [-0.2, -0.15) is 0 Å². The highest BCUT2D eigenvalue weighted by Gasteiger charge is 2.16. The molecule has 0 aromatic heterocycles. The van der Waals surface area contributed by atoms with Gasteiger partial charge in [0.2, 0.25) is 0 Å². The third-order valence-electron chi connectivity index (χ3n) is 4.90. The zero-order valence-electron chi connectivity index (χ0n) is 18.9. The molecule has 34 heavy (non-hydrogen) atoms. The van der Waals surface area contributed by atoms with Gasteiger partial charge < -0.3 is 20.2 Å². The minimum absolute atomic E-state index is 0.197. The second kappa shape index (κ2) is 12.0. The minimum Gasteiger partial charge on any atom is -0.465 e. The van der Waals surface area contributed by atoms with Gasteiger partial charge in [-0.05, 0) is 42.3 Å². The second-order valence-corrected chi connectivity index (χ2v) is 7.32. The van der Waals surface area contributed by atoms with Crippen LogP contribution in [0.1, 0.15) is 44.8 Å². The molecular weight excluding hydrogens is 434 g/mol. The lowest BCUT2D eigenvalue weighted by molar-refractivity contribution is -0.120. The molecule has 0 bridgehead atoms. The first-order valence-corrected chi connectivity index (χ1v) is 10.6. The molecule has 0 heterocycles. The van der Waals surface area contributed by atoms with Crippen LogP contribution in [0.15, 0.2) is 84.0 Å². The maximum absolute atomic E-state index is 12.8. The van der Waals surface area contributed by atoms with E-state index in [1.54, 1.807) is 48.5 Å². The number of methoxy groups -OCH3 is 1. The highest BCUT2D eigenvalue weighted by Crippen LogP contribution is 2.18. The zero-order valence-corrected chi connectivity index (χ0v) is 18.9. The van der Waals surface area contributed by atoms with Crippen LogP contribution in [0.5, 0.6) is 0 Å². The molecule has 0 saturated carbocycles. The van der Waals surface area contributed by atoms with Crippen LogP contribution < -0.4 is 10.6 Å². The molecule has 0 spiro atoms. The van der Waals surface area contributed by atoms with Crippen LogP contribution in [0, 0.1) is 0 Å². The topological polar surface area (TPSA) is 106 Å². The fraction of sp³-hybridized carbons (Fsp3) is 0.154. The molecule has 3 rings (SSSR count). The Bertz CT molecular complexity index is 1160. The summed E-state index contributed by atoms with van der Waals surface area (Å²) in [6.45, 7) is 1.55. The number of hydrogen-bond acceptors (Lipinski definition) is 6. The van der Waals surface area contributed by atoms with Crippen molar-refractivity contribution in [2.75, 3.05) is 19.0 Å². The van der Waals surface area contributed by atoms with Gasteiger partial charge in [0.1, 0.15) is 0 Å². The summed E-state index contributed by atoms with van der Waals surface area (Å²) in [5, 5.41) is 9.38. The molecule has 1 atom stereocenters. The van der Waals surface area contributed by atoms with Gasteiger partial charge in [0.05, 0.1) is 36.2 Å². The van der Waals surface area contributed by atoms with Crippen LogP contribution in [0.25, 0.3) is 0 Å². The molecule has 1 unspecified atom stereocenters. The molecular formula is C26H25N3O5. The maximum Gasteiger partial charge on any atom is 0.337 e. The monoisotopic (exact) mass is 459 g/mol. The van der Waals surface area contributed by atoms with E-state index in [2.05, 4.69) is 20.5 Å². The van der Waals surface area contributed by atoms with E-state index < -0.39 is 11.9 Å². The number of carbonyl (C=O) groups excluding carboxylic acids is 3. The normalized spacial score (nSPS) is 11.5. The number of ether oxygens (including phenoxy) is 1. The summed E-state index contributed by atoms with van der Waals surface area (Å²) in [6.07, 6.45) is 1.42. The van der Waals surface area contributed by atoms with E-state index in [-0.39, 0.29) is 18.6 Å². The number of esters is 1. The van der Waals surface area contributed by atoms with Crippen LogP contribution >= 0.6 is 0 Å². The summed E-state index contributed by atoms with van der Waals surface area (Å²) < 4.78 is 4.65. The molecule has 8 nitrogen and oxygen atoms in total. The van der Waals surface area contributed by atoms with Crippen LogP contribution in [-0.2, 0) is 14.4 Å². The van der Waals surface area contributed by atoms with Crippen LogP contribution in [0.3, 0.4) is 0 Å². The Labute approximate surface area is 197 Å². The Morgan fingerprint density at radius 3 is 2.32 bits per heavy atom. The molecule has 0 radical (unpaired) electrons. The molecule has 0 saturated heterocycles. The number of amides is 2. The van der Waals surface area contributed by atoms with Crippen molar-refractivity contribution in [1.82, 2.24) is 5.32 Å². The average Bonchev–Trinajstić information content (AvgIpc) is 2.87. The lowest BCUT2D eigenvalue weighted by Crippen LogP contribution is -2.28. The van der Waals surface area contributed by atoms with E-state index in [1.165, 1.54) is 13.3 Å². The van der Waals surface area contributed by atoms with Crippen molar-refractivity contribution < 1.29 is 24.0 Å². The van der Waals surface area contributed by atoms with Gasteiger partial charge >= 0.3 is 5.97 Å². The first-order chi connectivity index (χ1) is 16.5. The van der Waals surface area contributed by atoms with Crippen LogP contribution in [0.2, 0.25) is 0 Å². The number of anilines is 1. The molecule has 0 aliphatic rings. The minimum atomic E-state index is -0.463. The first kappa shape index (κ1) is 24.2. The molecule has 2 amide bonds. The Morgan fingerprint density at radius 1 is 0.941 bits per heavy atom. The molecule has 2 N–H and O–H groups in total. The van der Waals surface area contributed by atoms with Crippen LogP contribution in [0.4, 0.5) is 5.69 Å². The quantitative estimate of drug-likeness (QED) is 0.286. The second-order valence-electron chi connectivity index (χ2n) is 7.32. The van der Waals surface area contributed by atoms with Crippen molar-refractivity contribution in [1.29, 1.82) is 0 Å². The van der Waals surface area contributed by atoms with Gasteiger partial charge in [0.25, 0.3) is 11.8 Å². The van der Waals surface area contributed by atoms with E-state index in [1.807, 2.05) is 37.3 Å². The van der Waals surface area contributed by atoms with E-state index in [0.29, 0.717) is 22.4 Å². The molecule has 174 valence electrons. The van der Waals surface area contributed by atoms with Gasteiger partial charge in [-0.1, -0.05) is 59.8 Å². The predicted molar refractivity (Wildman–Crippen MR) is 129 cm³/mol. The van der Waals surface area contributed by atoms with Gasteiger partial charge in [-0.15, -0.1) is 0 Å². The number of nitrogens with one attached hydrogen (secondary N) is 2. The van der Waals surface area contributed by atoms with E-state index in [4.69, 9.17) is 4.84 Å². The van der Waals surface area contributed by atoms with Crippen molar-refractivity contribution in [3.8, 4) is 0 Å². The van der Waals surface area contributed by atoms with Crippen molar-refractivity contribution in [3.05, 3.63) is 101 Å². The zero-order chi connectivity index (χ0) is 24.3. The maximum atomic E-state index is 12.8. The number of nitrogens with zero attached hydrogens (tertiary/aromatic N) is 1. The lowest BCUT2D eigenvalue weighted by Gasteiger charge is -2.16. The number of para-hydroxylation sites is 1. The van der Waals surface area contributed by atoms with Gasteiger partial charge in [-0.25, -0.2) is 4.79 Å². The molecule has 0 fully saturated rings. The SMILES string of the molecule is COC(=O)c1ccc(/C=N/OCC(=O)Nc2ccccc2C(=O)NC(C)c2ccccc2)cc1. The Morgan fingerprint density at radius 2 is 1.62 bits per heavy atom. The predicted octanol–water partition coefficient (Wildman–Crippen LogP) is 3.95. The number of carbonyl (C=O) groups is 3. The highest BCUT2D eigenvalue weighted by molar-refractivity contribution is 6.04. The summed E-state index contributed by atoms with van der Waals surface area (Å²) in [5.41, 5.74) is 2.79. The van der Waals surface area contributed by atoms with Crippen molar-refractivity contribution >= 4 is 29.7 Å². The highest BCUT2D eigenvalue weighted by atomic mass is 16.6. The van der Waals surface area contributed by atoms with Crippen molar-refractivity contribution in [3.63, 3.8) is 0 Å². The van der Waals surface area contributed by atoms with Crippen molar-refractivity contribution in [2.45, 2.75) is 13.0 Å². The molecule has 3 aromatic rings. The summed E-state index contributed by atoms with van der Waals surface area (Å²) in [5.74, 6) is -1.20. The number of oxime groups is 1. The van der Waals surface area contributed by atoms with Crippen LogP contribution in [-0.4, -0.2) is 37.7 Å². The fourth-order valence-corrected chi connectivity index (χ4v) is 3.09. The van der Waals surface area contributed by atoms with E-state index in [0.717, 1.165) is 5.56 Å². The summed E-state index contributed by atoms with van der Waals surface area (Å²) >= 11 is 0. The average molecular weight is 460 g/mol. The number of hydrogen-bond donors (Lipinski definition) is 2. The Balaban J connectivity index is 1.53. The third-order valence-corrected chi connectivity index (χ3v) is 4.90. The van der Waals surface area contributed by atoms with Crippen molar-refractivity contribution in [2.24, 2.45) is 5.16 Å². The third kappa shape index (κ3) is 6.77. The largest absolute Gasteiger partial charge is 0.465 e. The Kier molecular flexibility index (Phi) is 8.51. The van der Waals surface area contributed by atoms with Gasteiger partial charge in [0, 0.05) is 0 Å². The molecule has 0 aliphatic heterocycles. The first-order valence-electron chi connectivity index (χ1n) is 10.6. The standard InChI is InChI=1S/C26H25N3O5/c1-18(20-8-4-3-5-9-20)28-25(31)22-10-6-7-11-23(22)29-24(30)17-34-27-16-19-12-14-21(15-13-19)26(32)33-2/h3-16,18H,17H2,1-2H3,(H,28,31)(H,29,30)/b27-16+. The smallest absolute Gasteiger partial charge is 0.337 e. The number of rotatable bonds is 9. The van der Waals surface area contributed by atoms with Gasteiger partial charge in [0.15, 0.2) is 6.61 Å². The van der Waals surface area contributed by atoms with Gasteiger partial charge in [-0.3, -0.25) is 9.59 Å². The van der Waals surface area contributed by atoms with E-state index in [9.17, 15) is 14.4 Å².